The van der Waals surface area contributed by atoms with Gasteiger partial charge in [0.25, 0.3) is 11.1 Å². The van der Waals surface area contributed by atoms with Gasteiger partial charge in [-0.1, -0.05) is 30.0 Å². The molecule has 0 spiro atoms. The van der Waals surface area contributed by atoms with Crippen LogP contribution < -0.4 is 0 Å². The fourth-order valence-corrected chi connectivity index (χ4v) is 3.90. The van der Waals surface area contributed by atoms with Crippen LogP contribution in [0.15, 0.2) is 36.5 Å². The molecule has 0 bridgehead atoms. The average molecular weight is 356 g/mol. The number of thioether (sulfide) groups is 1. The highest BCUT2D eigenvalue weighted by atomic mass is 32.2. The molecule has 2 fully saturated rings. The standard InChI is InChI=1S/C17H16N4O3S/c1-11-14(7-18-21(11)12-5-3-2-4-6-12)16(23)19-8-13(9-19)20-15(22)10-25-17(20)24/h2-7,13H,8-10H2,1H3. The van der Waals surface area contributed by atoms with Crippen molar-refractivity contribution in [3.8, 4) is 5.69 Å². The number of para-hydroxylation sites is 1. The lowest BCUT2D eigenvalue weighted by Crippen LogP contribution is -2.62. The second-order valence-electron chi connectivity index (χ2n) is 6.07. The third-order valence-electron chi connectivity index (χ3n) is 4.54. The molecule has 1 aromatic heterocycles. The first-order valence-electron chi connectivity index (χ1n) is 7.94. The third kappa shape index (κ3) is 2.62. The molecular weight excluding hydrogens is 340 g/mol. The predicted octanol–water partition coefficient (Wildman–Crippen LogP) is 1.70. The van der Waals surface area contributed by atoms with E-state index >= 15 is 0 Å². The second-order valence-corrected chi connectivity index (χ2v) is 7.00. The van der Waals surface area contributed by atoms with Crippen molar-refractivity contribution in [2.45, 2.75) is 13.0 Å². The van der Waals surface area contributed by atoms with E-state index in [1.807, 2.05) is 37.3 Å². The zero-order valence-corrected chi connectivity index (χ0v) is 14.4. The number of amides is 3. The van der Waals surface area contributed by atoms with E-state index in [1.165, 1.54) is 4.90 Å². The summed E-state index contributed by atoms with van der Waals surface area (Å²) in [6.07, 6.45) is 1.57. The average Bonchev–Trinajstić information content (AvgIpc) is 3.11. The summed E-state index contributed by atoms with van der Waals surface area (Å²) in [6.45, 7) is 2.62. The monoisotopic (exact) mass is 356 g/mol. The molecule has 128 valence electrons. The molecule has 2 aliphatic heterocycles. The summed E-state index contributed by atoms with van der Waals surface area (Å²) >= 11 is 1.02. The number of nitrogens with zero attached hydrogens (tertiary/aromatic N) is 4. The Bertz CT molecular complexity index is 842. The van der Waals surface area contributed by atoms with Gasteiger partial charge in [0.15, 0.2) is 0 Å². The zero-order chi connectivity index (χ0) is 17.6. The molecule has 4 rings (SSSR count). The molecule has 1 aromatic carbocycles. The van der Waals surface area contributed by atoms with Crippen molar-refractivity contribution in [3.63, 3.8) is 0 Å². The molecule has 0 radical (unpaired) electrons. The van der Waals surface area contributed by atoms with Crippen LogP contribution >= 0.6 is 11.8 Å². The minimum atomic E-state index is -0.213. The lowest BCUT2D eigenvalue weighted by molar-refractivity contribution is -0.128. The molecule has 7 nitrogen and oxygen atoms in total. The van der Waals surface area contributed by atoms with E-state index in [0.717, 1.165) is 23.1 Å². The van der Waals surface area contributed by atoms with Crippen molar-refractivity contribution in [1.29, 1.82) is 0 Å². The minimum Gasteiger partial charge on any atom is -0.334 e. The first kappa shape index (κ1) is 15.9. The van der Waals surface area contributed by atoms with Crippen molar-refractivity contribution in [2.75, 3.05) is 18.8 Å². The van der Waals surface area contributed by atoms with Crippen molar-refractivity contribution in [3.05, 3.63) is 47.8 Å². The first-order valence-corrected chi connectivity index (χ1v) is 8.93. The van der Waals surface area contributed by atoms with Crippen molar-refractivity contribution in [1.82, 2.24) is 19.6 Å². The van der Waals surface area contributed by atoms with Crippen LogP contribution in [0.2, 0.25) is 0 Å². The highest BCUT2D eigenvalue weighted by Gasteiger charge is 2.43. The van der Waals surface area contributed by atoms with Gasteiger partial charge in [-0.05, 0) is 19.1 Å². The Balaban J connectivity index is 1.47. The molecule has 2 saturated heterocycles. The summed E-state index contributed by atoms with van der Waals surface area (Å²) in [4.78, 5) is 39.1. The summed E-state index contributed by atoms with van der Waals surface area (Å²) in [5.41, 5.74) is 2.20. The second kappa shape index (κ2) is 6.03. The van der Waals surface area contributed by atoms with Crippen LogP contribution in [0.5, 0.6) is 0 Å². The van der Waals surface area contributed by atoms with Gasteiger partial charge in [-0.25, -0.2) is 4.68 Å². The maximum Gasteiger partial charge on any atom is 0.289 e. The highest BCUT2D eigenvalue weighted by Crippen LogP contribution is 2.27. The van der Waals surface area contributed by atoms with Crippen LogP contribution in [0.4, 0.5) is 4.79 Å². The van der Waals surface area contributed by atoms with Crippen LogP contribution in [0.25, 0.3) is 5.69 Å². The Morgan fingerprint density at radius 1 is 1.20 bits per heavy atom. The molecule has 2 aliphatic rings. The summed E-state index contributed by atoms with van der Waals surface area (Å²) in [6, 6.07) is 9.41. The molecule has 0 atom stereocenters. The Morgan fingerprint density at radius 3 is 2.56 bits per heavy atom. The highest BCUT2D eigenvalue weighted by molar-refractivity contribution is 8.14. The Hall–Kier alpha value is -2.61. The topological polar surface area (TPSA) is 75.5 Å². The smallest absolute Gasteiger partial charge is 0.289 e. The van der Waals surface area contributed by atoms with Crippen molar-refractivity contribution in [2.24, 2.45) is 0 Å². The molecule has 3 heterocycles. The molecule has 3 amide bonds. The number of hydrogen-bond acceptors (Lipinski definition) is 5. The molecular formula is C17H16N4O3S. The molecule has 2 aromatic rings. The van der Waals surface area contributed by atoms with Gasteiger partial charge in [0.2, 0.25) is 5.91 Å². The SMILES string of the molecule is Cc1c(C(=O)N2CC(N3C(=O)CSC3=O)C2)cnn1-c1ccccc1. The van der Waals surface area contributed by atoms with E-state index in [1.54, 1.807) is 15.8 Å². The van der Waals surface area contributed by atoms with Gasteiger partial charge < -0.3 is 4.90 Å². The van der Waals surface area contributed by atoms with E-state index in [2.05, 4.69) is 5.10 Å². The Morgan fingerprint density at radius 2 is 1.92 bits per heavy atom. The van der Waals surface area contributed by atoms with E-state index in [9.17, 15) is 14.4 Å². The summed E-state index contributed by atoms with van der Waals surface area (Å²) in [7, 11) is 0. The van der Waals surface area contributed by atoms with Crippen LogP contribution in [0.1, 0.15) is 16.1 Å². The van der Waals surface area contributed by atoms with Gasteiger partial charge in [-0.3, -0.25) is 19.3 Å². The van der Waals surface area contributed by atoms with Crippen molar-refractivity contribution < 1.29 is 14.4 Å². The van der Waals surface area contributed by atoms with E-state index < -0.39 is 0 Å². The number of rotatable bonds is 3. The number of carbonyl (C=O) groups excluding carboxylic acids is 3. The molecule has 25 heavy (non-hydrogen) atoms. The quantitative estimate of drug-likeness (QED) is 0.837. The fourth-order valence-electron chi connectivity index (χ4n) is 3.12. The van der Waals surface area contributed by atoms with Gasteiger partial charge in [0, 0.05) is 13.1 Å². The van der Waals surface area contributed by atoms with Gasteiger partial charge in [0.05, 0.1) is 34.9 Å². The summed E-state index contributed by atoms with van der Waals surface area (Å²) in [5.74, 6) is -0.0884. The first-order chi connectivity index (χ1) is 12.1. The fraction of sp³-hybridized carbons (Fsp3) is 0.294. The third-order valence-corrected chi connectivity index (χ3v) is 5.38. The van der Waals surface area contributed by atoms with Gasteiger partial charge >= 0.3 is 0 Å². The van der Waals surface area contributed by atoms with Crippen LogP contribution in [-0.4, -0.2) is 61.5 Å². The summed E-state index contributed by atoms with van der Waals surface area (Å²) in [5, 5.41) is 4.10. The van der Waals surface area contributed by atoms with Crippen molar-refractivity contribution >= 4 is 28.8 Å². The predicted molar refractivity (Wildman–Crippen MR) is 92.7 cm³/mol. The van der Waals surface area contributed by atoms with Gasteiger partial charge in [0.1, 0.15) is 0 Å². The lowest BCUT2D eigenvalue weighted by atomic mass is 10.1. The number of aromatic nitrogens is 2. The number of likely N-dealkylation sites (tertiary alicyclic amines) is 1. The van der Waals surface area contributed by atoms with E-state index in [0.29, 0.717) is 18.7 Å². The number of hydrogen-bond donors (Lipinski definition) is 0. The number of carbonyl (C=O) groups is 3. The maximum atomic E-state index is 12.7. The number of benzene rings is 1. The normalized spacial score (nSPS) is 18.0. The Kier molecular flexibility index (Phi) is 3.84. The maximum absolute atomic E-state index is 12.7. The zero-order valence-electron chi connectivity index (χ0n) is 13.6. The minimum absolute atomic E-state index is 0.123. The Labute approximate surface area is 148 Å². The van der Waals surface area contributed by atoms with Crippen LogP contribution in [-0.2, 0) is 4.79 Å². The molecule has 0 saturated carbocycles. The molecule has 0 N–H and O–H groups in total. The molecule has 0 aliphatic carbocycles. The van der Waals surface area contributed by atoms with E-state index in [-0.39, 0.29) is 28.8 Å². The van der Waals surface area contributed by atoms with Crippen LogP contribution in [0.3, 0.4) is 0 Å². The lowest BCUT2D eigenvalue weighted by Gasteiger charge is -2.42. The van der Waals surface area contributed by atoms with E-state index in [4.69, 9.17) is 0 Å². The largest absolute Gasteiger partial charge is 0.334 e. The molecule has 0 unspecified atom stereocenters. The van der Waals surface area contributed by atoms with Crippen LogP contribution in [0, 0.1) is 6.92 Å². The molecule has 8 heteroatoms. The summed E-state index contributed by atoms with van der Waals surface area (Å²) < 4.78 is 1.73. The van der Waals surface area contributed by atoms with Gasteiger partial charge in [-0.15, -0.1) is 0 Å². The number of imide groups is 1. The van der Waals surface area contributed by atoms with Gasteiger partial charge in [-0.2, -0.15) is 5.10 Å².